The zero-order valence-electron chi connectivity index (χ0n) is 11.0. The fraction of sp³-hybridized carbons (Fsp3) is 0.429. The van der Waals surface area contributed by atoms with E-state index in [-0.39, 0.29) is 22.7 Å². The van der Waals surface area contributed by atoms with E-state index < -0.39 is 0 Å². The Morgan fingerprint density at radius 3 is 2.39 bits per heavy atom. The quantitative estimate of drug-likeness (QED) is 0.493. The summed E-state index contributed by atoms with van der Waals surface area (Å²) in [5.41, 5.74) is 9.55. The van der Waals surface area contributed by atoms with Crippen LogP contribution in [0.2, 0.25) is 0 Å². The van der Waals surface area contributed by atoms with E-state index in [4.69, 9.17) is 5.53 Å². The Kier molecular flexibility index (Phi) is 4.40. The van der Waals surface area contributed by atoms with E-state index >= 15 is 0 Å². The Morgan fingerprint density at radius 2 is 1.89 bits per heavy atom. The summed E-state index contributed by atoms with van der Waals surface area (Å²) in [7, 11) is 0. The summed E-state index contributed by atoms with van der Waals surface area (Å²) < 4.78 is 0. The lowest BCUT2D eigenvalue weighted by Crippen LogP contribution is -2.21. The minimum absolute atomic E-state index is 0.136. The summed E-state index contributed by atoms with van der Waals surface area (Å²) in [5, 5.41) is 9.25. The SMILES string of the molecule is CC(=[N+]=[N-])C(=O)CCC(C)(C)c1ccc(O)cc1. The molecule has 0 aliphatic heterocycles. The van der Waals surface area contributed by atoms with E-state index in [0.717, 1.165) is 5.56 Å². The molecule has 0 atom stereocenters. The first-order chi connectivity index (χ1) is 8.36. The van der Waals surface area contributed by atoms with Gasteiger partial charge in [0, 0.05) is 13.3 Å². The highest BCUT2D eigenvalue weighted by molar-refractivity contribution is 6.36. The van der Waals surface area contributed by atoms with Crippen LogP contribution in [0.4, 0.5) is 0 Å². The van der Waals surface area contributed by atoms with Gasteiger partial charge in [-0.2, -0.15) is 4.79 Å². The molecule has 18 heavy (non-hydrogen) atoms. The molecule has 0 bridgehead atoms. The molecule has 4 heteroatoms. The number of carbonyl (C=O) groups excluding carboxylic acids is 1. The number of nitrogens with zero attached hydrogens (tertiary/aromatic N) is 2. The van der Waals surface area contributed by atoms with E-state index in [1.54, 1.807) is 12.1 Å². The van der Waals surface area contributed by atoms with Gasteiger partial charge in [0.15, 0.2) is 0 Å². The van der Waals surface area contributed by atoms with Crippen LogP contribution in [-0.2, 0) is 10.2 Å². The summed E-state index contributed by atoms with van der Waals surface area (Å²) in [4.78, 5) is 14.5. The number of benzene rings is 1. The molecule has 0 radical (unpaired) electrons. The molecule has 0 aliphatic carbocycles. The van der Waals surface area contributed by atoms with Crippen molar-refractivity contribution in [2.24, 2.45) is 0 Å². The first-order valence-corrected chi connectivity index (χ1v) is 5.88. The molecule has 1 rings (SSSR count). The van der Waals surface area contributed by atoms with Crippen molar-refractivity contribution in [3.05, 3.63) is 35.4 Å². The number of Topliss-reactive ketones (excluding diaryl/α,β-unsaturated/α-hetero) is 1. The molecule has 0 saturated carbocycles. The molecule has 0 unspecified atom stereocenters. The van der Waals surface area contributed by atoms with Gasteiger partial charge in [0.05, 0.1) is 0 Å². The highest BCUT2D eigenvalue weighted by Gasteiger charge is 2.24. The second-order valence-electron chi connectivity index (χ2n) is 5.04. The zero-order valence-corrected chi connectivity index (χ0v) is 11.0. The maximum Gasteiger partial charge on any atom is 0.331 e. The second kappa shape index (κ2) is 5.61. The van der Waals surface area contributed by atoms with Crippen molar-refractivity contribution in [3.63, 3.8) is 0 Å². The van der Waals surface area contributed by atoms with Crippen LogP contribution >= 0.6 is 0 Å². The van der Waals surface area contributed by atoms with Crippen LogP contribution in [0.15, 0.2) is 24.3 Å². The number of hydrogen-bond donors (Lipinski definition) is 1. The molecular formula is C14H18N2O2. The molecule has 1 aromatic carbocycles. The van der Waals surface area contributed by atoms with Gasteiger partial charge in [-0.1, -0.05) is 26.0 Å². The molecule has 0 spiro atoms. The number of aromatic hydroxyl groups is 1. The molecule has 4 nitrogen and oxygen atoms in total. The predicted molar refractivity (Wildman–Crippen MR) is 69.7 cm³/mol. The first kappa shape index (κ1) is 14.1. The van der Waals surface area contributed by atoms with Crippen LogP contribution in [0.25, 0.3) is 5.53 Å². The van der Waals surface area contributed by atoms with Crippen LogP contribution < -0.4 is 0 Å². The Morgan fingerprint density at radius 1 is 1.33 bits per heavy atom. The lowest BCUT2D eigenvalue weighted by atomic mass is 9.80. The molecule has 0 amide bonds. The van der Waals surface area contributed by atoms with Crippen molar-refractivity contribution in [2.75, 3.05) is 0 Å². The zero-order chi connectivity index (χ0) is 13.8. The topological polar surface area (TPSA) is 73.7 Å². The van der Waals surface area contributed by atoms with Gasteiger partial charge in [-0.25, -0.2) is 0 Å². The number of phenolic OH excluding ortho intramolecular Hbond substituents is 1. The summed E-state index contributed by atoms with van der Waals surface area (Å²) in [5.74, 6) is 0.0817. The van der Waals surface area contributed by atoms with Crippen LogP contribution in [0.1, 0.15) is 39.2 Å². The van der Waals surface area contributed by atoms with Crippen molar-refractivity contribution in [3.8, 4) is 5.75 Å². The van der Waals surface area contributed by atoms with E-state index in [0.29, 0.717) is 12.8 Å². The third kappa shape index (κ3) is 3.54. The molecular weight excluding hydrogens is 228 g/mol. The maximum absolute atomic E-state index is 11.6. The van der Waals surface area contributed by atoms with Gasteiger partial charge in [-0.05, 0) is 29.5 Å². The minimum Gasteiger partial charge on any atom is -0.508 e. The number of hydrogen-bond acceptors (Lipinski definition) is 2. The molecule has 0 aromatic heterocycles. The highest BCUT2D eigenvalue weighted by atomic mass is 16.3. The van der Waals surface area contributed by atoms with Crippen molar-refractivity contribution in [1.82, 2.24) is 0 Å². The maximum atomic E-state index is 11.6. The van der Waals surface area contributed by atoms with E-state index in [1.165, 1.54) is 6.92 Å². The van der Waals surface area contributed by atoms with Gasteiger partial charge in [0.2, 0.25) is 5.78 Å². The largest absolute Gasteiger partial charge is 0.508 e. The number of rotatable bonds is 5. The lowest BCUT2D eigenvalue weighted by Gasteiger charge is -2.24. The number of phenols is 1. The lowest BCUT2D eigenvalue weighted by molar-refractivity contribution is -0.117. The summed E-state index contributed by atoms with van der Waals surface area (Å²) >= 11 is 0. The predicted octanol–water partition coefficient (Wildman–Crippen LogP) is 2.71. The normalized spacial score (nSPS) is 10.8. The Labute approximate surface area is 107 Å². The molecule has 0 fully saturated rings. The number of carbonyl (C=O) groups is 1. The van der Waals surface area contributed by atoms with Gasteiger partial charge < -0.3 is 10.6 Å². The molecule has 0 saturated heterocycles. The van der Waals surface area contributed by atoms with Crippen molar-refractivity contribution in [1.29, 1.82) is 0 Å². The minimum atomic E-state index is -0.168. The fourth-order valence-electron chi connectivity index (χ4n) is 1.72. The molecule has 96 valence electrons. The van der Waals surface area contributed by atoms with Gasteiger partial charge in [0.25, 0.3) is 0 Å². The van der Waals surface area contributed by atoms with E-state index in [1.807, 2.05) is 26.0 Å². The van der Waals surface area contributed by atoms with Crippen LogP contribution in [-0.4, -0.2) is 21.4 Å². The van der Waals surface area contributed by atoms with Gasteiger partial charge in [-0.3, -0.25) is 4.79 Å². The standard InChI is InChI=1S/C14H18N2O2/c1-10(16-15)13(18)8-9-14(2,3)11-4-6-12(17)7-5-11/h4-7,17H,8-9H2,1-3H3. The Hall–Kier alpha value is -1.93. The smallest absolute Gasteiger partial charge is 0.331 e. The summed E-state index contributed by atoms with van der Waals surface area (Å²) in [6, 6.07) is 6.98. The molecule has 0 heterocycles. The van der Waals surface area contributed by atoms with Crippen LogP contribution in [0, 0.1) is 0 Å². The highest BCUT2D eigenvalue weighted by Crippen LogP contribution is 2.29. The van der Waals surface area contributed by atoms with Gasteiger partial charge in [0.1, 0.15) is 5.75 Å². The first-order valence-electron chi connectivity index (χ1n) is 5.88. The average molecular weight is 246 g/mol. The molecule has 1 N–H and O–H groups in total. The third-order valence-electron chi connectivity index (χ3n) is 3.18. The second-order valence-corrected chi connectivity index (χ2v) is 5.04. The third-order valence-corrected chi connectivity index (χ3v) is 3.18. The van der Waals surface area contributed by atoms with Gasteiger partial charge in [-0.15, -0.1) is 0 Å². The van der Waals surface area contributed by atoms with E-state index in [9.17, 15) is 9.90 Å². The van der Waals surface area contributed by atoms with E-state index in [2.05, 4.69) is 4.79 Å². The van der Waals surface area contributed by atoms with Crippen molar-refractivity contribution in [2.45, 2.75) is 39.0 Å². The van der Waals surface area contributed by atoms with Gasteiger partial charge >= 0.3 is 5.71 Å². The molecule has 0 aliphatic rings. The summed E-state index contributed by atoms with van der Waals surface area (Å²) in [6.45, 7) is 5.58. The summed E-state index contributed by atoms with van der Waals surface area (Å²) in [6.07, 6.45) is 0.993. The monoisotopic (exact) mass is 246 g/mol. The fourth-order valence-corrected chi connectivity index (χ4v) is 1.72. The average Bonchev–Trinajstić information content (AvgIpc) is 2.35. The molecule has 1 aromatic rings. The van der Waals surface area contributed by atoms with Crippen LogP contribution in [0.3, 0.4) is 0 Å². The van der Waals surface area contributed by atoms with Crippen molar-refractivity contribution >= 4 is 11.5 Å². The number of ketones is 1. The van der Waals surface area contributed by atoms with Crippen molar-refractivity contribution < 1.29 is 14.7 Å². The Balaban J connectivity index is 2.73. The van der Waals surface area contributed by atoms with Crippen LogP contribution in [0.5, 0.6) is 5.75 Å². The Bertz CT molecular complexity index is 483.